The molecule has 0 saturated carbocycles. The van der Waals surface area contributed by atoms with Crippen LogP contribution >= 0.6 is 0 Å². The van der Waals surface area contributed by atoms with E-state index in [0.717, 1.165) is 5.56 Å². The molecule has 0 atom stereocenters. The monoisotopic (exact) mass is 298 g/mol. The molecule has 0 amide bonds. The first-order valence-corrected chi connectivity index (χ1v) is 7.19. The normalized spacial score (nSPS) is 10.2. The van der Waals surface area contributed by atoms with E-state index >= 15 is 0 Å². The Kier molecular flexibility index (Phi) is 5.31. The predicted octanol–water partition coefficient (Wildman–Crippen LogP) is 3.54. The standard InChI is InChI=1S/C18H18O4/c1-2-11-22-18(21)15-10-6-9-14(16(15)17(19)20)12-13-7-4-3-5-8-13/h3-10H,2,11-12H2,1H3,(H,19,20). The van der Waals surface area contributed by atoms with E-state index in [9.17, 15) is 14.7 Å². The molecule has 0 saturated heterocycles. The van der Waals surface area contributed by atoms with Crippen molar-refractivity contribution in [3.05, 3.63) is 70.8 Å². The molecule has 2 rings (SSSR count). The molecule has 0 heterocycles. The molecule has 0 fully saturated rings. The molecule has 22 heavy (non-hydrogen) atoms. The average molecular weight is 298 g/mol. The lowest BCUT2D eigenvalue weighted by Crippen LogP contribution is -2.14. The molecule has 114 valence electrons. The first-order chi connectivity index (χ1) is 10.6. The lowest BCUT2D eigenvalue weighted by molar-refractivity contribution is 0.0494. The SMILES string of the molecule is CCCOC(=O)c1cccc(Cc2ccccc2)c1C(=O)O. The molecule has 0 aliphatic carbocycles. The Labute approximate surface area is 129 Å². The molecule has 4 nitrogen and oxygen atoms in total. The van der Waals surface area contributed by atoms with Gasteiger partial charge in [-0.2, -0.15) is 0 Å². The van der Waals surface area contributed by atoms with Gasteiger partial charge in [-0.15, -0.1) is 0 Å². The highest BCUT2D eigenvalue weighted by Crippen LogP contribution is 2.20. The van der Waals surface area contributed by atoms with Crippen LogP contribution in [0.4, 0.5) is 0 Å². The number of ether oxygens (including phenoxy) is 1. The van der Waals surface area contributed by atoms with E-state index in [4.69, 9.17) is 4.74 Å². The minimum atomic E-state index is -1.12. The van der Waals surface area contributed by atoms with Crippen molar-refractivity contribution >= 4 is 11.9 Å². The summed E-state index contributed by atoms with van der Waals surface area (Å²) in [4.78, 5) is 23.7. The second kappa shape index (κ2) is 7.41. The topological polar surface area (TPSA) is 63.6 Å². The summed E-state index contributed by atoms with van der Waals surface area (Å²) < 4.78 is 5.07. The molecule has 0 aromatic heterocycles. The fourth-order valence-electron chi connectivity index (χ4n) is 2.26. The van der Waals surface area contributed by atoms with Crippen molar-refractivity contribution in [2.45, 2.75) is 19.8 Å². The molecule has 0 unspecified atom stereocenters. The molecular weight excluding hydrogens is 280 g/mol. The van der Waals surface area contributed by atoms with Gasteiger partial charge >= 0.3 is 11.9 Å². The third kappa shape index (κ3) is 3.73. The van der Waals surface area contributed by atoms with Crippen LogP contribution < -0.4 is 0 Å². The van der Waals surface area contributed by atoms with Crippen molar-refractivity contribution in [1.29, 1.82) is 0 Å². The fraction of sp³-hybridized carbons (Fsp3) is 0.222. The van der Waals surface area contributed by atoms with Gasteiger partial charge in [0.1, 0.15) is 0 Å². The second-order valence-electron chi connectivity index (χ2n) is 4.94. The number of esters is 1. The number of carboxylic acid groups (broad SMARTS) is 1. The van der Waals surface area contributed by atoms with Crippen molar-refractivity contribution in [1.82, 2.24) is 0 Å². The van der Waals surface area contributed by atoms with Crippen LogP contribution in [-0.4, -0.2) is 23.7 Å². The van der Waals surface area contributed by atoms with Gasteiger partial charge in [0, 0.05) is 0 Å². The Morgan fingerprint density at radius 1 is 1.05 bits per heavy atom. The maximum atomic E-state index is 12.0. The van der Waals surface area contributed by atoms with E-state index in [-0.39, 0.29) is 17.7 Å². The number of rotatable bonds is 6. The summed E-state index contributed by atoms with van der Waals surface area (Å²) >= 11 is 0. The summed E-state index contributed by atoms with van der Waals surface area (Å²) in [6.07, 6.45) is 1.15. The van der Waals surface area contributed by atoms with Crippen molar-refractivity contribution < 1.29 is 19.4 Å². The van der Waals surface area contributed by atoms with Gasteiger partial charge in [0.15, 0.2) is 0 Å². The number of hydrogen-bond acceptors (Lipinski definition) is 3. The molecule has 0 aliphatic rings. The molecule has 0 bridgehead atoms. The maximum Gasteiger partial charge on any atom is 0.339 e. The molecule has 0 aliphatic heterocycles. The van der Waals surface area contributed by atoms with Crippen LogP contribution in [0, 0.1) is 0 Å². The first kappa shape index (κ1) is 15.8. The van der Waals surface area contributed by atoms with Gasteiger partial charge in [0.2, 0.25) is 0 Å². The maximum absolute atomic E-state index is 12.0. The molecular formula is C18H18O4. The second-order valence-corrected chi connectivity index (χ2v) is 4.94. The van der Waals surface area contributed by atoms with Crippen molar-refractivity contribution in [2.24, 2.45) is 0 Å². The number of aromatic carboxylic acids is 1. The van der Waals surface area contributed by atoms with Gasteiger partial charge in [-0.3, -0.25) is 0 Å². The summed E-state index contributed by atoms with van der Waals surface area (Å²) in [6.45, 7) is 2.16. The van der Waals surface area contributed by atoms with Crippen LogP contribution in [0.15, 0.2) is 48.5 Å². The number of benzene rings is 2. The quantitative estimate of drug-likeness (QED) is 0.828. The summed E-state index contributed by atoms with van der Waals surface area (Å²) in [5.41, 5.74) is 1.72. The van der Waals surface area contributed by atoms with E-state index in [1.165, 1.54) is 6.07 Å². The van der Waals surface area contributed by atoms with Crippen LogP contribution in [0.3, 0.4) is 0 Å². The van der Waals surface area contributed by atoms with Crippen LogP contribution in [0.5, 0.6) is 0 Å². The molecule has 2 aromatic rings. The fourth-order valence-corrected chi connectivity index (χ4v) is 2.26. The Hall–Kier alpha value is -2.62. The van der Waals surface area contributed by atoms with E-state index in [1.807, 2.05) is 37.3 Å². The zero-order chi connectivity index (χ0) is 15.9. The van der Waals surface area contributed by atoms with Gasteiger partial charge < -0.3 is 9.84 Å². The molecule has 0 radical (unpaired) electrons. The van der Waals surface area contributed by atoms with Gasteiger partial charge in [-0.05, 0) is 30.0 Å². The van der Waals surface area contributed by atoms with Gasteiger partial charge in [0.05, 0.1) is 17.7 Å². The van der Waals surface area contributed by atoms with Crippen molar-refractivity contribution in [3.8, 4) is 0 Å². The highest BCUT2D eigenvalue weighted by Gasteiger charge is 2.21. The zero-order valence-corrected chi connectivity index (χ0v) is 12.4. The number of hydrogen-bond donors (Lipinski definition) is 1. The molecule has 1 N–H and O–H groups in total. The zero-order valence-electron chi connectivity index (χ0n) is 12.4. The van der Waals surface area contributed by atoms with E-state index in [0.29, 0.717) is 18.4 Å². The predicted molar refractivity (Wildman–Crippen MR) is 83.2 cm³/mol. The molecule has 2 aromatic carbocycles. The Morgan fingerprint density at radius 2 is 1.77 bits per heavy atom. The van der Waals surface area contributed by atoms with Crippen LogP contribution in [0.2, 0.25) is 0 Å². The minimum Gasteiger partial charge on any atom is -0.478 e. The Balaban J connectivity index is 2.38. The van der Waals surface area contributed by atoms with Gasteiger partial charge in [0.25, 0.3) is 0 Å². The Morgan fingerprint density at radius 3 is 2.41 bits per heavy atom. The highest BCUT2D eigenvalue weighted by molar-refractivity contribution is 6.03. The van der Waals surface area contributed by atoms with E-state index in [2.05, 4.69) is 0 Å². The number of carbonyl (C=O) groups excluding carboxylic acids is 1. The summed E-state index contributed by atoms with van der Waals surface area (Å²) in [6, 6.07) is 14.5. The Bertz CT molecular complexity index is 662. The highest BCUT2D eigenvalue weighted by atomic mass is 16.5. The third-order valence-electron chi connectivity index (χ3n) is 3.26. The van der Waals surface area contributed by atoms with Gasteiger partial charge in [-0.1, -0.05) is 49.4 Å². The van der Waals surface area contributed by atoms with Crippen LogP contribution in [0.1, 0.15) is 45.2 Å². The van der Waals surface area contributed by atoms with Gasteiger partial charge in [-0.25, -0.2) is 9.59 Å². The molecule has 4 heteroatoms. The summed E-state index contributed by atoms with van der Waals surface area (Å²) in [7, 11) is 0. The lowest BCUT2D eigenvalue weighted by Gasteiger charge is -2.11. The average Bonchev–Trinajstić information content (AvgIpc) is 2.53. The van der Waals surface area contributed by atoms with Crippen molar-refractivity contribution in [3.63, 3.8) is 0 Å². The van der Waals surface area contributed by atoms with Crippen LogP contribution in [-0.2, 0) is 11.2 Å². The first-order valence-electron chi connectivity index (χ1n) is 7.19. The summed E-state index contributed by atoms with van der Waals surface area (Å²) in [5.74, 6) is -1.70. The number of carbonyl (C=O) groups is 2. The summed E-state index contributed by atoms with van der Waals surface area (Å²) in [5, 5.41) is 9.49. The molecule has 0 spiro atoms. The number of carboxylic acids is 1. The smallest absolute Gasteiger partial charge is 0.339 e. The lowest BCUT2D eigenvalue weighted by atomic mass is 9.95. The van der Waals surface area contributed by atoms with Crippen molar-refractivity contribution in [2.75, 3.05) is 6.61 Å². The largest absolute Gasteiger partial charge is 0.478 e. The minimum absolute atomic E-state index is 0.0208. The third-order valence-corrected chi connectivity index (χ3v) is 3.26. The van der Waals surface area contributed by atoms with E-state index in [1.54, 1.807) is 12.1 Å². The van der Waals surface area contributed by atoms with E-state index < -0.39 is 11.9 Å². The van der Waals surface area contributed by atoms with Crippen LogP contribution in [0.25, 0.3) is 0 Å².